The van der Waals surface area contributed by atoms with Crippen LogP contribution in [0.2, 0.25) is 0 Å². The van der Waals surface area contributed by atoms with Gasteiger partial charge >= 0.3 is 0 Å². The zero-order chi connectivity index (χ0) is 21.4. The Morgan fingerprint density at radius 3 is 2.38 bits per heavy atom. The van der Waals surface area contributed by atoms with Gasteiger partial charge in [-0.25, -0.2) is 0 Å². The average molecular weight is 490 g/mol. The van der Waals surface area contributed by atoms with Gasteiger partial charge in [0.15, 0.2) is 0 Å². The van der Waals surface area contributed by atoms with E-state index in [2.05, 4.69) is 15.9 Å². The molecule has 4 rings (SSSR count). The summed E-state index contributed by atoms with van der Waals surface area (Å²) in [4.78, 5) is 11.9. The van der Waals surface area contributed by atoms with E-state index in [9.17, 15) is 13.2 Å². The van der Waals surface area contributed by atoms with Crippen LogP contribution >= 0.6 is 15.9 Å². The van der Waals surface area contributed by atoms with Gasteiger partial charge in [0, 0.05) is 10.9 Å². The minimum Gasteiger partial charge on any atom is -0.486 e. The highest BCUT2D eigenvalue weighted by atomic mass is 79.9. The molecule has 1 heterocycles. The van der Waals surface area contributed by atoms with E-state index >= 15 is 0 Å². The first-order valence-corrected chi connectivity index (χ1v) is 12.1. The summed E-state index contributed by atoms with van der Waals surface area (Å²) in [5.41, 5.74) is 4.68. The average Bonchev–Trinajstić information content (AvgIpc) is 3.17. The SMILES string of the molecule is CC1(C)C2CCC1(CS(=O)(=O)O)C(=O)C2.N[C@H]1COC[C@H]1Oc1ccc(Br)cc1. The lowest BCUT2D eigenvalue weighted by Gasteiger charge is -2.35. The van der Waals surface area contributed by atoms with Gasteiger partial charge in [-0.1, -0.05) is 29.8 Å². The summed E-state index contributed by atoms with van der Waals surface area (Å²) >= 11 is 3.37. The van der Waals surface area contributed by atoms with E-state index in [4.69, 9.17) is 19.8 Å². The molecule has 0 aromatic heterocycles. The predicted molar refractivity (Wildman–Crippen MR) is 112 cm³/mol. The fourth-order valence-corrected chi connectivity index (χ4v) is 6.34. The molecule has 162 valence electrons. The van der Waals surface area contributed by atoms with Crippen LogP contribution in [0.15, 0.2) is 28.7 Å². The van der Waals surface area contributed by atoms with Gasteiger partial charge in [0.05, 0.1) is 30.4 Å². The predicted octanol–water partition coefficient (Wildman–Crippen LogP) is 2.82. The number of halogens is 1. The number of rotatable bonds is 4. The Morgan fingerprint density at radius 2 is 1.93 bits per heavy atom. The maximum atomic E-state index is 11.9. The zero-order valence-electron chi connectivity index (χ0n) is 16.6. The minimum absolute atomic E-state index is 0.0151. The highest BCUT2D eigenvalue weighted by Gasteiger charge is 2.65. The largest absolute Gasteiger partial charge is 0.486 e. The number of carbonyl (C=O) groups is 1. The van der Waals surface area contributed by atoms with Crippen molar-refractivity contribution in [1.82, 2.24) is 0 Å². The number of fused-ring (bicyclic) bond motifs is 2. The van der Waals surface area contributed by atoms with Gasteiger partial charge < -0.3 is 15.2 Å². The van der Waals surface area contributed by atoms with E-state index in [1.54, 1.807) is 0 Å². The third kappa shape index (κ3) is 4.69. The number of nitrogens with two attached hydrogens (primary N) is 1. The maximum Gasteiger partial charge on any atom is 0.265 e. The minimum atomic E-state index is -4.08. The Kier molecular flexibility index (Phi) is 6.46. The fraction of sp³-hybridized carbons (Fsp3) is 0.650. The summed E-state index contributed by atoms with van der Waals surface area (Å²) in [5, 5.41) is 0. The van der Waals surface area contributed by atoms with Gasteiger partial charge in [-0.3, -0.25) is 9.35 Å². The molecule has 2 aliphatic carbocycles. The molecule has 1 aromatic rings. The second-order valence-electron chi connectivity index (χ2n) is 8.70. The van der Waals surface area contributed by atoms with E-state index in [0.29, 0.717) is 26.1 Å². The fourth-order valence-electron chi connectivity index (χ4n) is 4.78. The number of hydrogen-bond acceptors (Lipinski definition) is 6. The molecule has 1 saturated heterocycles. The first-order valence-electron chi connectivity index (χ1n) is 9.69. The summed E-state index contributed by atoms with van der Waals surface area (Å²) in [6, 6.07) is 7.69. The molecule has 0 spiro atoms. The Labute approximate surface area is 180 Å². The molecule has 3 N–H and O–H groups in total. The molecule has 0 amide bonds. The van der Waals surface area contributed by atoms with Crippen LogP contribution in [-0.4, -0.2) is 49.9 Å². The smallest absolute Gasteiger partial charge is 0.265 e. The summed E-state index contributed by atoms with van der Waals surface area (Å²) < 4.78 is 42.9. The van der Waals surface area contributed by atoms with Crippen LogP contribution in [0, 0.1) is 16.7 Å². The number of benzene rings is 1. The van der Waals surface area contributed by atoms with Crippen molar-refractivity contribution in [3.8, 4) is 5.75 Å². The summed E-state index contributed by atoms with van der Waals surface area (Å²) in [7, 11) is -4.08. The molecule has 7 nitrogen and oxygen atoms in total. The first-order chi connectivity index (χ1) is 13.4. The standard InChI is InChI=1S/C10H12BrNO2.C10H16O4S/c11-7-1-3-8(4-2-7)14-10-6-13-5-9(10)12;1-9(2)7-3-4-10(9,8(11)5-7)6-15(12,13)14/h1-4,9-10H,5-6,12H2;7H,3-6H2,1-2H3,(H,12,13,14)/t9-,10+;/m0./s1. The lowest BCUT2D eigenvalue weighted by atomic mass is 9.70. The van der Waals surface area contributed by atoms with Crippen LogP contribution in [0.3, 0.4) is 0 Å². The van der Waals surface area contributed by atoms with Crippen molar-refractivity contribution in [3.05, 3.63) is 28.7 Å². The number of hydrogen-bond donors (Lipinski definition) is 2. The molecule has 0 radical (unpaired) electrons. The van der Waals surface area contributed by atoms with E-state index in [1.807, 2.05) is 38.1 Å². The Hall–Kier alpha value is -1.000. The Bertz CT molecular complexity index is 856. The first kappa shape index (κ1) is 22.7. The van der Waals surface area contributed by atoms with Crippen LogP contribution in [0.5, 0.6) is 5.75 Å². The molecule has 3 fully saturated rings. The summed E-state index contributed by atoms with van der Waals surface area (Å²) in [6.07, 6.45) is 1.95. The summed E-state index contributed by atoms with van der Waals surface area (Å²) in [6.45, 7) is 5.06. The van der Waals surface area contributed by atoms with Crippen molar-refractivity contribution in [3.63, 3.8) is 0 Å². The van der Waals surface area contributed by atoms with Gasteiger partial charge in [-0.05, 0) is 48.4 Å². The molecular weight excluding hydrogens is 462 g/mol. The zero-order valence-corrected chi connectivity index (χ0v) is 19.0. The molecule has 2 bridgehead atoms. The van der Waals surface area contributed by atoms with Crippen molar-refractivity contribution in [1.29, 1.82) is 0 Å². The van der Waals surface area contributed by atoms with Crippen molar-refractivity contribution in [2.45, 2.75) is 45.3 Å². The lowest BCUT2D eigenvalue weighted by molar-refractivity contribution is -0.128. The monoisotopic (exact) mass is 489 g/mol. The van der Waals surface area contributed by atoms with Crippen LogP contribution in [0.4, 0.5) is 0 Å². The van der Waals surface area contributed by atoms with Crippen LogP contribution in [0.1, 0.15) is 33.1 Å². The van der Waals surface area contributed by atoms with Crippen LogP contribution < -0.4 is 10.5 Å². The second-order valence-corrected chi connectivity index (χ2v) is 11.1. The number of carbonyl (C=O) groups excluding carboxylic acids is 1. The van der Waals surface area contributed by atoms with Gasteiger partial charge in [0.25, 0.3) is 10.1 Å². The van der Waals surface area contributed by atoms with E-state index < -0.39 is 21.3 Å². The highest BCUT2D eigenvalue weighted by Crippen LogP contribution is 2.64. The third-order valence-electron chi connectivity index (χ3n) is 6.74. The van der Waals surface area contributed by atoms with Gasteiger partial charge in [-0.15, -0.1) is 0 Å². The topological polar surface area (TPSA) is 116 Å². The molecule has 1 aliphatic heterocycles. The van der Waals surface area contributed by atoms with Crippen molar-refractivity contribution >= 4 is 31.8 Å². The Morgan fingerprint density at radius 1 is 1.28 bits per heavy atom. The molecule has 2 unspecified atom stereocenters. The van der Waals surface area contributed by atoms with Crippen molar-refractivity contribution in [2.75, 3.05) is 19.0 Å². The number of ether oxygens (including phenoxy) is 2. The van der Waals surface area contributed by atoms with Crippen molar-refractivity contribution in [2.24, 2.45) is 22.5 Å². The Balaban J connectivity index is 0.000000166. The number of ketones is 1. The summed E-state index contributed by atoms with van der Waals surface area (Å²) in [5.74, 6) is 0.731. The van der Waals surface area contributed by atoms with E-state index in [-0.39, 0.29) is 29.3 Å². The van der Waals surface area contributed by atoms with E-state index in [1.165, 1.54) is 0 Å². The molecule has 9 heteroatoms. The molecule has 3 aliphatic rings. The van der Waals surface area contributed by atoms with Gasteiger partial charge in [0.1, 0.15) is 17.6 Å². The molecule has 2 saturated carbocycles. The third-order valence-corrected chi connectivity index (χ3v) is 8.13. The maximum absolute atomic E-state index is 11.9. The highest BCUT2D eigenvalue weighted by molar-refractivity contribution is 9.10. The quantitative estimate of drug-likeness (QED) is 0.624. The molecule has 29 heavy (non-hydrogen) atoms. The molecule has 4 atom stereocenters. The van der Waals surface area contributed by atoms with Crippen LogP contribution in [-0.2, 0) is 19.6 Å². The van der Waals surface area contributed by atoms with Gasteiger partial charge in [0.2, 0.25) is 0 Å². The molecule has 1 aromatic carbocycles. The van der Waals surface area contributed by atoms with Crippen molar-refractivity contribution < 1.29 is 27.2 Å². The van der Waals surface area contributed by atoms with Crippen LogP contribution in [0.25, 0.3) is 0 Å². The lowest BCUT2D eigenvalue weighted by Crippen LogP contribution is -2.42. The van der Waals surface area contributed by atoms with Gasteiger partial charge in [-0.2, -0.15) is 8.42 Å². The molecular formula is C20H28BrNO6S. The van der Waals surface area contributed by atoms with E-state index in [0.717, 1.165) is 16.6 Å². The number of Topliss-reactive ketones (excluding diaryl/α,β-unsaturated/α-hetero) is 1. The normalized spacial score (nSPS) is 32.7. The second kappa shape index (κ2) is 8.26.